The molecule has 24 heteroatoms. The highest BCUT2D eigenvalue weighted by molar-refractivity contribution is 5.99. The number of rotatable bonds is 35. The summed E-state index contributed by atoms with van der Waals surface area (Å²) in [7, 11) is 1.36. The highest BCUT2D eigenvalue weighted by Gasteiger charge is 2.40. The van der Waals surface area contributed by atoms with Crippen molar-refractivity contribution in [2.24, 2.45) is 41.1 Å². The van der Waals surface area contributed by atoms with Crippen molar-refractivity contribution in [3.8, 4) is 5.75 Å². The number of amides is 9. The molecule has 0 saturated heterocycles. The summed E-state index contributed by atoms with van der Waals surface area (Å²) in [5, 5.41) is 47.8. The highest BCUT2D eigenvalue weighted by atomic mass is 16.4. The van der Waals surface area contributed by atoms with E-state index >= 15 is 0 Å². The van der Waals surface area contributed by atoms with Crippen LogP contribution in [-0.2, 0) is 65.6 Å². The van der Waals surface area contributed by atoms with Crippen molar-refractivity contribution in [1.82, 2.24) is 42.1 Å². The van der Waals surface area contributed by atoms with Gasteiger partial charge in [-0.05, 0) is 85.0 Å². The average molecular weight is 1140 g/mol. The second kappa shape index (κ2) is 33.8. The highest BCUT2D eigenvalue weighted by Crippen LogP contribution is 2.20. The Bertz CT molecular complexity index is 2460. The Morgan fingerprint density at radius 3 is 1.49 bits per heavy atom. The summed E-state index contributed by atoms with van der Waals surface area (Å²) in [4.78, 5) is 150. The number of carbonyl (C=O) groups excluding carboxylic acids is 9. The zero-order chi connectivity index (χ0) is 61.4. The van der Waals surface area contributed by atoms with E-state index in [9.17, 15) is 68.1 Å². The van der Waals surface area contributed by atoms with Crippen LogP contribution in [0.5, 0.6) is 5.75 Å². The molecule has 14 N–H and O–H groups in total. The molecule has 2 aromatic carbocycles. The molecule has 0 aliphatic rings. The Balaban J connectivity index is 2.50. The summed E-state index contributed by atoms with van der Waals surface area (Å²) in [6.07, 6.45) is -1.08. The van der Waals surface area contributed by atoms with E-state index in [0.29, 0.717) is 12.0 Å². The predicted molar refractivity (Wildman–Crippen MR) is 301 cm³/mol. The van der Waals surface area contributed by atoms with E-state index in [-0.39, 0.29) is 62.5 Å². The van der Waals surface area contributed by atoms with Crippen LogP contribution in [0.3, 0.4) is 0 Å². The van der Waals surface area contributed by atoms with Gasteiger partial charge in [0.05, 0.1) is 12.5 Å². The fourth-order valence-electron chi connectivity index (χ4n) is 8.89. The number of primary amides is 1. The monoisotopic (exact) mass is 1140 g/mol. The number of hydrogen-bond acceptors (Lipinski definition) is 13. The lowest BCUT2D eigenvalue weighted by Crippen LogP contribution is -2.62. The van der Waals surface area contributed by atoms with Crippen molar-refractivity contribution in [1.29, 1.82) is 0 Å². The Labute approximate surface area is 474 Å². The van der Waals surface area contributed by atoms with Crippen molar-refractivity contribution < 1.29 is 68.1 Å². The molecule has 0 aliphatic heterocycles. The number of benzene rings is 2. The molecule has 0 spiro atoms. The van der Waals surface area contributed by atoms with Gasteiger partial charge in [-0.2, -0.15) is 0 Å². The number of phenols is 1. The Morgan fingerprint density at radius 2 is 1.00 bits per heavy atom. The van der Waals surface area contributed by atoms with E-state index in [1.807, 2.05) is 0 Å². The van der Waals surface area contributed by atoms with E-state index in [1.54, 1.807) is 99.6 Å². The third-order valence-electron chi connectivity index (χ3n) is 13.6. The van der Waals surface area contributed by atoms with E-state index in [4.69, 9.17) is 11.5 Å². The van der Waals surface area contributed by atoms with E-state index < -0.39 is 144 Å². The molecule has 0 heterocycles. The maximum absolute atomic E-state index is 14.6. The third-order valence-corrected chi connectivity index (χ3v) is 13.6. The average Bonchev–Trinajstić information content (AvgIpc) is 3.43. The third kappa shape index (κ3) is 23.9. The van der Waals surface area contributed by atoms with Crippen molar-refractivity contribution in [2.75, 3.05) is 7.05 Å². The van der Waals surface area contributed by atoms with Crippen LogP contribution in [0.15, 0.2) is 54.6 Å². The normalized spacial score (nSPS) is 15.1. The fraction of sp³-hybridized carbons (Fsp3) is 0.596. The van der Waals surface area contributed by atoms with Crippen LogP contribution in [0.2, 0.25) is 0 Å². The van der Waals surface area contributed by atoms with Gasteiger partial charge in [0.2, 0.25) is 53.2 Å². The number of phenolic OH excluding ortho intramolecular Hbond substituents is 1. The number of nitrogens with zero attached hydrogens (tertiary/aromatic N) is 1. The van der Waals surface area contributed by atoms with Crippen LogP contribution in [0.1, 0.15) is 125 Å². The molecule has 10 atom stereocenters. The number of aliphatic carboxylic acids is 2. The summed E-state index contributed by atoms with van der Waals surface area (Å²) < 4.78 is 0. The van der Waals surface area contributed by atoms with Crippen LogP contribution in [0.4, 0.5) is 0 Å². The number of nitrogens with one attached hydrogen (secondary N) is 7. The lowest BCUT2D eigenvalue weighted by Gasteiger charge is -2.35. The molecule has 0 fully saturated rings. The summed E-state index contributed by atoms with van der Waals surface area (Å²) in [5.74, 6) is -12.5. The van der Waals surface area contributed by atoms with Crippen LogP contribution in [-0.4, -0.2) is 147 Å². The standard InChI is InChI=1S/C57H88N10O14/c1-12-34(10)48(55(78)66-47(33(8)9)57(80)81)67(11)56(79)43(28-36-21-23-37(68)24-22-36)64-54(77)46(32(6)7)65-53(76)41(26-31(4)5)62-50(73)39(19-16-20-44(59)69)60-52(75)42(29-45(70)71)63-51(74)40(25-30(2)3)61-49(72)38(58)27-35-17-14-13-15-18-35/h13-15,17-18,21-24,30-34,38-43,46-48,68H,12,16,19-20,25-29,58H2,1-11H3,(H2,59,69)(H,60,75)(H,61,72)(H,62,73)(H,63,74)(H,64,77)(H,65,76)(H,66,78)(H,70,71)(H,80,81). The van der Waals surface area contributed by atoms with Crippen LogP contribution >= 0.6 is 0 Å². The number of hydrogen-bond donors (Lipinski definition) is 12. The van der Waals surface area contributed by atoms with Crippen LogP contribution in [0.25, 0.3) is 0 Å². The van der Waals surface area contributed by atoms with Gasteiger partial charge in [0.15, 0.2) is 0 Å². The van der Waals surface area contributed by atoms with Crippen LogP contribution < -0.4 is 48.7 Å². The lowest BCUT2D eigenvalue weighted by atomic mass is 9.94. The van der Waals surface area contributed by atoms with Gasteiger partial charge >= 0.3 is 11.9 Å². The number of carboxylic acids is 2. The number of nitrogens with two attached hydrogens (primary N) is 2. The Hall–Kier alpha value is -7.63. The first-order chi connectivity index (χ1) is 37.9. The molecular weight excluding hydrogens is 1050 g/mol. The quantitative estimate of drug-likeness (QED) is 0.0464. The fourth-order valence-corrected chi connectivity index (χ4v) is 8.89. The molecule has 450 valence electrons. The molecule has 81 heavy (non-hydrogen) atoms. The van der Waals surface area contributed by atoms with Gasteiger partial charge in [0.25, 0.3) is 0 Å². The lowest BCUT2D eigenvalue weighted by molar-refractivity contribution is -0.147. The van der Waals surface area contributed by atoms with Gasteiger partial charge in [-0.25, -0.2) is 4.79 Å². The number of likely N-dealkylation sites (N-methyl/N-ethyl adjacent to an activating group) is 1. The summed E-state index contributed by atoms with van der Waals surface area (Å²) in [6, 6.07) is 2.46. The predicted octanol–water partition coefficient (Wildman–Crippen LogP) is 1.39. The molecular formula is C57H88N10O14. The summed E-state index contributed by atoms with van der Waals surface area (Å²) in [5.41, 5.74) is 12.8. The molecule has 2 rings (SSSR count). The maximum atomic E-state index is 14.6. The molecule has 0 aliphatic carbocycles. The SMILES string of the molecule is CCC(C)C(C(=O)NC(C(=O)O)C(C)C)N(C)C(=O)C(Cc1ccc(O)cc1)NC(=O)C(NC(=O)C(CC(C)C)NC(=O)C(CCCC(N)=O)NC(=O)C(CC(=O)O)NC(=O)C(CC(C)C)NC(=O)C(N)Cc1ccccc1)C(C)C. The number of carbonyl (C=O) groups is 11. The molecule has 9 amide bonds. The van der Waals surface area contributed by atoms with E-state index in [1.165, 1.54) is 31.3 Å². The molecule has 2 aromatic rings. The second-order valence-corrected chi connectivity index (χ2v) is 22.3. The zero-order valence-electron chi connectivity index (χ0n) is 48.6. The van der Waals surface area contributed by atoms with Gasteiger partial charge in [0.1, 0.15) is 54.1 Å². The van der Waals surface area contributed by atoms with Gasteiger partial charge in [-0.1, -0.05) is 118 Å². The van der Waals surface area contributed by atoms with Crippen molar-refractivity contribution >= 4 is 65.1 Å². The summed E-state index contributed by atoms with van der Waals surface area (Å²) >= 11 is 0. The Kier molecular flexibility index (Phi) is 29.0. The first kappa shape index (κ1) is 69.5. The molecule has 0 saturated carbocycles. The molecule has 24 nitrogen and oxygen atoms in total. The molecule has 0 aromatic heterocycles. The smallest absolute Gasteiger partial charge is 0.326 e. The van der Waals surface area contributed by atoms with Crippen molar-refractivity contribution in [3.63, 3.8) is 0 Å². The van der Waals surface area contributed by atoms with Gasteiger partial charge in [0, 0.05) is 19.9 Å². The molecule has 10 unspecified atom stereocenters. The first-order valence-electron chi connectivity index (χ1n) is 27.6. The topological polar surface area (TPSA) is 388 Å². The molecule has 0 bridgehead atoms. The maximum Gasteiger partial charge on any atom is 0.326 e. The van der Waals surface area contributed by atoms with Crippen LogP contribution in [0, 0.1) is 29.6 Å². The van der Waals surface area contributed by atoms with Gasteiger partial charge in [-0.15, -0.1) is 0 Å². The number of aromatic hydroxyl groups is 1. The Morgan fingerprint density at radius 1 is 0.543 bits per heavy atom. The van der Waals surface area contributed by atoms with E-state index in [2.05, 4.69) is 37.2 Å². The minimum absolute atomic E-state index is 0.0208. The van der Waals surface area contributed by atoms with Gasteiger partial charge in [-0.3, -0.25) is 47.9 Å². The summed E-state index contributed by atoms with van der Waals surface area (Å²) in [6.45, 7) is 17.1. The minimum Gasteiger partial charge on any atom is -0.508 e. The minimum atomic E-state index is -1.80. The second-order valence-electron chi connectivity index (χ2n) is 22.3. The first-order valence-corrected chi connectivity index (χ1v) is 27.6. The number of carboxylic acid groups (broad SMARTS) is 2. The molecule has 0 radical (unpaired) electrons. The van der Waals surface area contributed by atoms with Crippen molar-refractivity contribution in [2.45, 2.75) is 181 Å². The largest absolute Gasteiger partial charge is 0.508 e. The van der Waals surface area contributed by atoms with E-state index in [0.717, 1.165) is 10.5 Å². The van der Waals surface area contributed by atoms with Gasteiger partial charge < -0.3 is 68.9 Å². The zero-order valence-corrected chi connectivity index (χ0v) is 48.6. The van der Waals surface area contributed by atoms with Crippen molar-refractivity contribution in [3.05, 3.63) is 65.7 Å².